The highest BCUT2D eigenvalue weighted by atomic mass is 16.5. The van der Waals surface area contributed by atoms with Crippen LogP contribution in [0.5, 0.6) is 0 Å². The summed E-state index contributed by atoms with van der Waals surface area (Å²) in [6.45, 7) is 5.43. The number of hydrogen-bond acceptors (Lipinski definition) is 3. The summed E-state index contributed by atoms with van der Waals surface area (Å²) in [5, 5.41) is 2.94. The fraction of sp³-hybridized carbons (Fsp3) is 0.667. The van der Waals surface area contributed by atoms with Crippen LogP contribution < -0.4 is 5.32 Å². The molecule has 12 heavy (non-hydrogen) atoms. The summed E-state index contributed by atoms with van der Waals surface area (Å²) >= 11 is 0. The lowest BCUT2D eigenvalue weighted by atomic mass is 9.96. The van der Waals surface area contributed by atoms with Gasteiger partial charge in [-0.05, 0) is 26.8 Å². The summed E-state index contributed by atoms with van der Waals surface area (Å²) in [7, 11) is 3.14. The van der Waals surface area contributed by atoms with Gasteiger partial charge in [0, 0.05) is 0 Å². The number of rotatable bonds is 5. The SMILES string of the molecule is C=CCCC(C)(NC)C(=O)OC. The van der Waals surface area contributed by atoms with Crippen LogP contribution in [0.2, 0.25) is 0 Å². The van der Waals surface area contributed by atoms with Gasteiger partial charge in [-0.3, -0.25) is 4.79 Å². The first-order valence-corrected chi connectivity index (χ1v) is 3.99. The van der Waals surface area contributed by atoms with Crippen molar-refractivity contribution in [2.24, 2.45) is 0 Å². The standard InChI is InChI=1S/C9H17NO2/c1-5-6-7-9(2,10-3)8(11)12-4/h5,10H,1,6-7H2,2-4H3. The van der Waals surface area contributed by atoms with Crippen molar-refractivity contribution in [3.63, 3.8) is 0 Å². The van der Waals surface area contributed by atoms with Gasteiger partial charge < -0.3 is 10.1 Å². The summed E-state index contributed by atoms with van der Waals surface area (Å²) in [5.41, 5.74) is -0.580. The molecular weight excluding hydrogens is 154 g/mol. The lowest BCUT2D eigenvalue weighted by Gasteiger charge is -2.25. The molecule has 0 aliphatic carbocycles. The van der Waals surface area contributed by atoms with Gasteiger partial charge in [0.25, 0.3) is 0 Å². The molecule has 3 heteroatoms. The number of likely N-dealkylation sites (N-methyl/N-ethyl adjacent to an activating group) is 1. The van der Waals surface area contributed by atoms with Crippen molar-refractivity contribution in [2.75, 3.05) is 14.2 Å². The van der Waals surface area contributed by atoms with E-state index in [1.807, 2.05) is 6.92 Å². The third-order valence-electron chi connectivity index (χ3n) is 2.04. The summed E-state index contributed by atoms with van der Waals surface area (Å²) < 4.78 is 4.67. The molecule has 0 bridgehead atoms. The molecule has 70 valence electrons. The highest BCUT2D eigenvalue weighted by Crippen LogP contribution is 2.13. The Labute approximate surface area is 73.8 Å². The van der Waals surface area contributed by atoms with Gasteiger partial charge in [-0.15, -0.1) is 6.58 Å². The molecule has 3 nitrogen and oxygen atoms in total. The van der Waals surface area contributed by atoms with Gasteiger partial charge >= 0.3 is 5.97 Å². The summed E-state index contributed by atoms with van der Waals surface area (Å²) in [6, 6.07) is 0. The molecular formula is C9H17NO2. The third kappa shape index (κ3) is 2.66. The maximum Gasteiger partial charge on any atom is 0.325 e. The Hall–Kier alpha value is -0.830. The second-order valence-electron chi connectivity index (χ2n) is 2.90. The van der Waals surface area contributed by atoms with Crippen molar-refractivity contribution in [2.45, 2.75) is 25.3 Å². The van der Waals surface area contributed by atoms with Crippen LogP contribution in [0.1, 0.15) is 19.8 Å². The Bertz CT molecular complexity index is 168. The fourth-order valence-corrected chi connectivity index (χ4v) is 0.945. The maximum absolute atomic E-state index is 11.3. The van der Waals surface area contributed by atoms with Crippen molar-refractivity contribution in [1.29, 1.82) is 0 Å². The number of nitrogens with one attached hydrogen (secondary N) is 1. The number of carbonyl (C=O) groups is 1. The molecule has 0 saturated heterocycles. The Kier molecular flexibility index (Phi) is 4.59. The van der Waals surface area contributed by atoms with Gasteiger partial charge in [0.05, 0.1) is 7.11 Å². The lowest BCUT2D eigenvalue weighted by molar-refractivity contribution is -0.147. The number of methoxy groups -OCH3 is 1. The second-order valence-corrected chi connectivity index (χ2v) is 2.90. The first-order chi connectivity index (χ1) is 5.60. The van der Waals surface area contributed by atoms with Gasteiger partial charge in [0.2, 0.25) is 0 Å². The number of hydrogen-bond donors (Lipinski definition) is 1. The molecule has 0 spiro atoms. The molecule has 0 fully saturated rings. The van der Waals surface area contributed by atoms with Crippen LogP contribution in [0, 0.1) is 0 Å². The van der Waals surface area contributed by atoms with Crippen LogP contribution in [0.3, 0.4) is 0 Å². The number of ether oxygens (including phenoxy) is 1. The van der Waals surface area contributed by atoms with E-state index in [2.05, 4.69) is 16.6 Å². The molecule has 0 amide bonds. The van der Waals surface area contributed by atoms with Crippen molar-refractivity contribution < 1.29 is 9.53 Å². The molecule has 0 aliphatic rings. The molecule has 1 unspecified atom stereocenters. The van der Waals surface area contributed by atoms with E-state index in [-0.39, 0.29) is 5.97 Å². The van der Waals surface area contributed by atoms with E-state index in [0.717, 1.165) is 6.42 Å². The number of esters is 1. The molecule has 1 atom stereocenters. The van der Waals surface area contributed by atoms with Crippen LogP contribution in [0.15, 0.2) is 12.7 Å². The molecule has 1 N–H and O–H groups in total. The Balaban J connectivity index is 4.22. The summed E-state index contributed by atoms with van der Waals surface area (Å²) in [4.78, 5) is 11.3. The van der Waals surface area contributed by atoms with Gasteiger partial charge in [-0.25, -0.2) is 0 Å². The Morgan fingerprint density at radius 1 is 1.75 bits per heavy atom. The van der Waals surface area contributed by atoms with E-state index < -0.39 is 5.54 Å². The molecule has 0 radical (unpaired) electrons. The van der Waals surface area contributed by atoms with E-state index >= 15 is 0 Å². The van der Waals surface area contributed by atoms with Crippen molar-refractivity contribution in [3.05, 3.63) is 12.7 Å². The van der Waals surface area contributed by atoms with Crippen LogP contribution in [-0.4, -0.2) is 25.7 Å². The quantitative estimate of drug-likeness (QED) is 0.497. The van der Waals surface area contributed by atoms with Crippen molar-refractivity contribution in [1.82, 2.24) is 5.32 Å². The molecule has 0 rings (SSSR count). The predicted octanol–water partition coefficient (Wildman–Crippen LogP) is 1.10. The lowest BCUT2D eigenvalue weighted by Crippen LogP contribution is -2.48. The summed E-state index contributed by atoms with van der Waals surface area (Å²) in [6.07, 6.45) is 3.30. The highest BCUT2D eigenvalue weighted by Gasteiger charge is 2.31. The van der Waals surface area contributed by atoms with Crippen LogP contribution in [0.25, 0.3) is 0 Å². The highest BCUT2D eigenvalue weighted by molar-refractivity contribution is 5.80. The topological polar surface area (TPSA) is 38.3 Å². The summed E-state index contributed by atoms with van der Waals surface area (Å²) in [5.74, 6) is -0.230. The van der Waals surface area contributed by atoms with E-state index in [4.69, 9.17) is 0 Å². The number of carbonyl (C=O) groups excluding carboxylic acids is 1. The minimum absolute atomic E-state index is 0.230. The largest absolute Gasteiger partial charge is 0.468 e. The smallest absolute Gasteiger partial charge is 0.325 e. The molecule has 0 aromatic carbocycles. The van der Waals surface area contributed by atoms with Crippen molar-refractivity contribution >= 4 is 5.97 Å². The van der Waals surface area contributed by atoms with E-state index in [1.54, 1.807) is 13.1 Å². The fourth-order valence-electron chi connectivity index (χ4n) is 0.945. The van der Waals surface area contributed by atoms with Gasteiger partial charge in [-0.1, -0.05) is 6.08 Å². The zero-order valence-corrected chi connectivity index (χ0v) is 8.02. The monoisotopic (exact) mass is 171 g/mol. The third-order valence-corrected chi connectivity index (χ3v) is 2.04. The molecule has 0 heterocycles. The molecule has 0 aromatic heterocycles. The van der Waals surface area contributed by atoms with E-state index in [9.17, 15) is 4.79 Å². The average molecular weight is 171 g/mol. The zero-order valence-electron chi connectivity index (χ0n) is 8.02. The minimum Gasteiger partial charge on any atom is -0.468 e. The minimum atomic E-state index is -0.580. The normalized spacial score (nSPS) is 14.9. The van der Waals surface area contributed by atoms with Crippen LogP contribution >= 0.6 is 0 Å². The van der Waals surface area contributed by atoms with Crippen LogP contribution in [-0.2, 0) is 9.53 Å². The van der Waals surface area contributed by atoms with Gasteiger partial charge in [0.15, 0.2) is 0 Å². The molecule has 0 aliphatic heterocycles. The van der Waals surface area contributed by atoms with E-state index in [1.165, 1.54) is 7.11 Å². The second kappa shape index (κ2) is 4.93. The molecule has 0 aromatic rings. The Morgan fingerprint density at radius 3 is 2.67 bits per heavy atom. The number of allylic oxidation sites excluding steroid dienone is 1. The zero-order chi connectivity index (χ0) is 9.61. The van der Waals surface area contributed by atoms with Crippen molar-refractivity contribution in [3.8, 4) is 0 Å². The van der Waals surface area contributed by atoms with E-state index in [0.29, 0.717) is 6.42 Å². The Morgan fingerprint density at radius 2 is 2.33 bits per heavy atom. The maximum atomic E-state index is 11.3. The van der Waals surface area contributed by atoms with Gasteiger partial charge in [-0.2, -0.15) is 0 Å². The van der Waals surface area contributed by atoms with Gasteiger partial charge in [0.1, 0.15) is 5.54 Å². The first kappa shape index (κ1) is 11.2. The first-order valence-electron chi connectivity index (χ1n) is 3.99. The predicted molar refractivity (Wildman–Crippen MR) is 48.9 cm³/mol. The molecule has 0 saturated carbocycles. The average Bonchev–Trinajstić information content (AvgIpc) is 2.12. The van der Waals surface area contributed by atoms with Crippen LogP contribution in [0.4, 0.5) is 0 Å².